The zero-order valence-corrected chi connectivity index (χ0v) is 15.4. The highest BCUT2D eigenvalue weighted by atomic mass is 19.1. The Bertz CT molecular complexity index is 789. The van der Waals surface area contributed by atoms with Gasteiger partial charge in [0.2, 0.25) is 11.9 Å². The van der Waals surface area contributed by atoms with Crippen molar-refractivity contribution in [1.82, 2.24) is 15.3 Å². The van der Waals surface area contributed by atoms with Crippen molar-refractivity contribution in [1.29, 1.82) is 0 Å². The van der Waals surface area contributed by atoms with Crippen LogP contribution in [0, 0.1) is 11.7 Å². The fourth-order valence-electron chi connectivity index (χ4n) is 4.06. The van der Waals surface area contributed by atoms with E-state index in [-0.39, 0.29) is 17.6 Å². The number of carbonyl (C=O) groups excluding carboxylic acids is 1. The SMILES string of the molecule is O=C(NC1CCCC1)[C@@H]1CCCN(c2ncc(-c3cccc(F)c3)cn2)C1. The van der Waals surface area contributed by atoms with Gasteiger partial charge in [0, 0.05) is 37.1 Å². The lowest BCUT2D eigenvalue weighted by atomic mass is 9.97. The van der Waals surface area contributed by atoms with Gasteiger partial charge in [0.25, 0.3) is 0 Å². The third kappa shape index (κ3) is 4.26. The number of benzene rings is 1. The van der Waals surface area contributed by atoms with E-state index in [2.05, 4.69) is 20.2 Å². The lowest BCUT2D eigenvalue weighted by Gasteiger charge is -2.32. The van der Waals surface area contributed by atoms with Crippen LogP contribution in [0.3, 0.4) is 0 Å². The molecular weight excluding hydrogens is 343 g/mol. The molecule has 1 aliphatic heterocycles. The molecule has 2 aromatic rings. The van der Waals surface area contributed by atoms with Crippen LogP contribution in [0.1, 0.15) is 38.5 Å². The fourth-order valence-corrected chi connectivity index (χ4v) is 4.06. The highest BCUT2D eigenvalue weighted by molar-refractivity contribution is 5.79. The van der Waals surface area contributed by atoms with E-state index in [1.807, 2.05) is 6.07 Å². The predicted octanol–water partition coefficient (Wildman–Crippen LogP) is 3.56. The molecule has 2 fully saturated rings. The minimum atomic E-state index is -0.274. The van der Waals surface area contributed by atoms with Gasteiger partial charge in [0.1, 0.15) is 5.82 Å². The third-order valence-electron chi connectivity index (χ3n) is 5.57. The Morgan fingerprint density at radius 2 is 1.85 bits per heavy atom. The molecule has 2 aliphatic rings. The molecule has 0 unspecified atom stereocenters. The predicted molar refractivity (Wildman–Crippen MR) is 103 cm³/mol. The lowest BCUT2D eigenvalue weighted by Crippen LogP contribution is -2.45. The zero-order chi connectivity index (χ0) is 18.6. The number of nitrogens with zero attached hydrogens (tertiary/aromatic N) is 3. The average Bonchev–Trinajstić information content (AvgIpc) is 3.21. The first-order valence-electron chi connectivity index (χ1n) is 9.82. The molecule has 27 heavy (non-hydrogen) atoms. The normalized spacial score (nSPS) is 20.6. The number of nitrogens with one attached hydrogen (secondary N) is 1. The second-order valence-corrected chi connectivity index (χ2v) is 7.56. The largest absolute Gasteiger partial charge is 0.353 e. The summed E-state index contributed by atoms with van der Waals surface area (Å²) in [5.41, 5.74) is 1.54. The number of piperidine rings is 1. The zero-order valence-electron chi connectivity index (χ0n) is 15.4. The molecule has 1 aromatic carbocycles. The maximum absolute atomic E-state index is 13.4. The smallest absolute Gasteiger partial charge is 0.225 e. The Balaban J connectivity index is 1.41. The van der Waals surface area contributed by atoms with E-state index in [1.165, 1.54) is 25.0 Å². The van der Waals surface area contributed by atoms with Gasteiger partial charge in [-0.15, -0.1) is 0 Å². The Kier molecular flexibility index (Phi) is 5.32. The number of hydrogen-bond donors (Lipinski definition) is 1. The van der Waals surface area contributed by atoms with Gasteiger partial charge < -0.3 is 10.2 Å². The Hall–Kier alpha value is -2.50. The molecular formula is C21H25FN4O. The second-order valence-electron chi connectivity index (χ2n) is 7.56. The van der Waals surface area contributed by atoms with Gasteiger partial charge in [-0.2, -0.15) is 0 Å². The van der Waals surface area contributed by atoms with Gasteiger partial charge >= 0.3 is 0 Å². The van der Waals surface area contributed by atoms with E-state index in [0.29, 0.717) is 18.5 Å². The minimum absolute atomic E-state index is 0.00848. The summed E-state index contributed by atoms with van der Waals surface area (Å²) in [4.78, 5) is 23.6. The van der Waals surface area contributed by atoms with Crippen molar-refractivity contribution < 1.29 is 9.18 Å². The van der Waals surface area contributed by atoms with Crippen molar-refractivity contribution in [3.63, 3.8) is 0 Å². The van der Waals surface area contributed by atoms with Crippen molar-refractivity contribution in [3.05, 3.63) is 42.5 Å². The number of anilines is 1. The van der Waals surface area contributed by atoms with E-state index >= 15 is 0 Å². The van der Waals surface area contributed by atoms with Crippen LogP contribution < -0.4 is 10.2 Å². The molecule has 142 valence electrons. The summed E-state index contributed by atoms with van der Waals surface area (Å²) in [6, 6.07) is 6.77. The molecule has 1 aromatic heterocycles. The van der Waals surface area contributed by atoms with Crippen LogP contribution in [-0.2, 0) is 4.79 Å². The van der Waals surface area contributed by atoms with E-state index in [4.69, 9.17) is 0 Å². The first kappa shape index (κ1) is 17.9. The summed E-state index contributed by atoms with van der Waals surface area (Å²) < 4.78 is 13.4. The number of aromatic nitrogens is 2. The monoisotopic (exact) mass is 368 g/mol. The molecule has 5 nitrogen and oxygen atoms in total. The number of rotatable bonds is 4. The van der Waals surface area contributed by atoms with Gasteiger partial charge in [0.15, 0.2) is 0 Å². The van der Waals surface area contributed by atoms with Gasteiger partial charge in [-0.3, -0.25) is 4.79 Å². The highest BCUT2D eigenvalue weighted by Gasteiger charge is 2.29. The quantitative estimate of drug-likeness (QED) is 0.897. The van der Waals surface area contributed by atoms with E-state index in [1.54, 1.807) is 18.5 Å². The standard InChI is InChI=1S/C21H25FN4O/c22-18-7-3-5-15(11-18)17-12-23-21(24-13-17)26-10-4-6-16(14-26)20(27)25-19-8-1-2-9-19/h3,5,7,11-13,16,19H,1-2,4,6,8-10,14H2,(H,25,27)/t16-/m1/s1. The molecule has 0 spiro atoms. The van der Waals surface area contributed by atoms with E-state index in [9.17, 15) is 9.18 Å². The average molecular weight is 368 g/mol. The van der Waals surface area contributed by atoms with Gasteiger partial charge in [0.05, 0.1) is 5.92 Å². The number of hydrogen-bond acceptors (Lipinski definition) is 4. The van der Waals surface area contributed by atoms with Crippen LogP contribution in [-0.4, -0.2) is 35.0 Å². The molecule has 1 saturated carbocycles. The summed E-state index contributed by atoms with van der Waals surface area (Å²) in [6.07, 6.45) is 9.95. The van der Waals surface area contributed by atoms with Crippen molar-refractivity contribution in [2.45, 2.75) is 44.6 Å². The summed E-state index contributed by atoms with van der Waals surface area (Å²) in [5, 5.41) is 3.21. The van der Waals surface area contributed by atoms with Gasteiger partial charge in [-0.05, 0) is 43.4 Å². The first-order chi connectivity index (χ1) is 13.2. The molecule has 1 saturated heterocycles. The van der Waals surface area contributed by atoms with Crippen molar-refractivity contribution in [2.75, 3.05) is 18.0 Å². The molecule has 1 amide bonds. The minimum Gasteiger partial charge on any atom is -0.353 e. The molecule has 1 atom stereocenters. The van der Waals surface area contributed by atoms with Crippen LogP contribution in [0.2, 0.25) is 0 Å². The maximum atomic E-state index is 13.4. The van der Waals surface area contributed by atoms with Crippen molar-refractivity contribution in [3.8, 4) is 11.1 Å². The van der Waals surface area contributed by atoms with E-state index in [0.717, 1.165) is 43.4 Å². The number of carbonyl (C=O) groups is 1. The molecule has 4 rings (SSSR count). The lowest BCUT2D eigenvalue weighted by molar-refractivity contribution is -0.125. The Labute approximate surface area is 159 Å². The Morgan fingerprint density at radius 3 is 2.59 bits per heavy atom. The Morgan fingerprint density at radius 1 is 1.07 bits per heavy atom. The number of amides is 1. The third-order valence-corrected chi connectivity index (χ3v) is 5.57. The summed E-state index contributed by atoms with van der Waals surface area (Å²) in [6.45, 7) is 1.50. The molecule has 1 aliphatic carbocycles. The topological polar surface area (TPSA) is 58.1 Å². The number of halogens is 1. The van der Waals surface area contributed by atoms with Gasteiger partial charge in [-0.1, -0.05) is 25.0 Å². The molecule has 0 radical (unpaired) electrons. The van der Waals surface area contributed by atoms with Crippen LogP contribution in [0.4, 0.5) is 10.3 Å². The first-order valence-corrected chi connectivity index (χ1v) is 9.82. The molecule has 0 bridgehead atoms. The second kappa shape index (κ2) is 8.03. The molecule has 2 heterocycles. The van der Waals surface area contributed by atoms with Crippen LogP contribution >= 0.6 is 0 Å². The highest BCUT2D eigenvalue weighted by Crippen LogP contribution is 2.24. The van der Waals surface area contributed by atoms with Crippen LogP contribution in [0.5, 0.6) is 0 Å². The van der Waals surface area contributed by atoms with Crippen molar-refractivity contribution >= 4 is 11.9 Å². The fraction of sp³-hybridized carbons (Fsp3) is 0.476. The molecule has 6 heteroatoms. The van der Waals surface area contributed by atoms with Crippen LogP contribution in [0.15, 0.2) is 36.7 Å². The summed E-state index contributed by atoms with van der Waals surface area (Å²) in [5.74, 6) is 0.520. The summed E-state index contributed by atoms with van der Waals surface area (Å²) >= 11 is 0. The van der Waals surface area contributed by atoms with Crippen molar-refractivity contribution in [2.24, 2.45) is 5.92 Å². The van der Waals surface area contributed by atoms with E-state index < -0.39 is 0 Å². The molecule has 1 N–H and O–H groups in total. The van der Waals surface area contributed by atoms with Crippen LogP contribution in [0.25, 0.3) is 11.1 Å². The summed E-state index contributed by atoms with van der Waals surface area (Å²) in [7, 11) is 0. The maximum Gasteiger partial charge on any atom is 0.225 e. The van der Waals surface area contributed by atoms with Gasteiger partial charge in [-0.25, -0.2) is 14.4 Å².